The van der Waals surface area contributed by atoms with Gasteiger partial charge in [0.2, 0.25) is 11.8 Å². The molecule has 7 nitrogen and oxygen atoms in total. The molecule has 26 heavy (non-hydrogen) atoms. The smallest absolute Gasteiger partial charge is 0.237 e. The lowest BCUT2D eigenvalue weighted by molar-refractivity contribution is -0.136. The molecule has 1 aromatic rings. The second-order valence-corrected chi connectivity index (χ2v) is 8.73. The minimum atomic E-state index is -0.190. The highest BCUT2D eigenvalue weighted by Crippen LogP contribution is 2.27. The number of rotatable bonds is 3. The SMILES string of the molecule is O=C(NC1CCC(C(=O)N2CCSCC2)CC1)C1Cc2cn[nH]c2CN1. The minimum Gasteiger partial charge on any atom is -0.352 e. The van der Waals surface area contributed by atoms with Crippen molar-refractivity contribution in [3.05, 3.63) is 17.5 Å². The second kappa shape index (κ2) is 8.00. The van der Waals surface area contributed by atoms with Crippen LogP contribution in [-0.2, 0) is 22.6 Å². The summed E-state index contributed by atoms with van der Waals surface area (Å²) in [6, 6.07) is 0.00122. The predicted octanol–water partition coefficient (Wildman–Crippen LogP) is 0.674. The van der Waals surface area contributed by atoms with Gasteiger partial charge in [-0.3, -0.25) is 20.0 Å². The van der Waals surface area contributed by atoms with Gasteiger partial charge in [0.15, 0.2) is 0 Å². The number of hydrogen-bond acceptors (Lipinski definition) is 5. The van der Waals surface area contributed by atoms with Crippen molar-refractivity contribution in [1.82, 2.24) is 25.7 Å². The van der Waals surface area contributed by atoms with E-state index in [4.69, 9.17) is 0 Å². The average Bonchev–Trinajstić information content (AvgIpc) is 3.16. The normalized spacial score (nSPS) is 29.1. The van der Waals surface area contributed by atoms with Gasteiger partial charge in [-0.05, 0) is 31.2 Å². The van der Waals surface area contributed by atoms with Gasteiger partial charge in [-0.25, -0.2) is 0 Å². The Morgan fingerprint density at radius 3 is 2.73 bits per heavy atom. The fraction of sp³-hybridized carbons (Fsp3) is 0.722. The molecule has 0 bridgehead atoms. The summed E-state index contributed by atoms with van der Waals surface area (Å²) in [5, 5.41) is 13.5. The van der Waals surface area contributed by atoms with Gasteiger partial charge in [-0.1, -0.05) is 0 Å². The van der Waals surface area contributed by atoms with Crippen LogP contribution in [0.2, 0.25) is 0 Å². The van der Waals surface area contributed by atoms with Crippen LogP contribution in [0.1, 0.15) is 36.9 Å². The van der Waals surface area contributed by atoms with Crippen molar-refractivity contribution < 1.29 is 9.59 Å². The van der Waals surface area contributed by atoms with Crippen LogP contribution in [0.25, 0.3) is 0 Å². The summed E-state index contributed by atoms with van der Waals surface area (Å²) in [6.45, 7) is 2.44. The summed E-state index contributed by atoms with van der Waals surface area (Å²) in [5.41, 5.74) is 2.20. The lowest BCUT2D eigenvalue weighted by atomic mass is 9.85. The van der Waals surface area contributed by atoms with Gasteiger partial charge < -0.3 is 10.2 Å². The maximum Gasteiger partial charge on any atom is 0.237 e. The zero-order chi connectivity index (χ0) is 17.9. The summed E-state index contributed by atoms with van der Waals surface area (Å²) >= 11 is 1.93. The first-order chi connectivity index (χ1) is 12.7. The van der Waals surface area contributed by atoms with Crippen LogP contribution in [-0.4, -0.2) is 63.6 Å². The number of nitrogens with zero attached hydrogens (tertiary/aromatic N) is 2. The molecule has 142 valence electrons. The topological polar surface area (TPSA) is 90.1 Å². The van der Waals surface area contributed by atoms with Gasteiger partial charge in [-0.15, -0.1) is 0 Å². The highest BCUT2D eigenvalue weighted by atomic mass is 32.2. The summed E-state index contributed by atoms with van der Waals surface area (Å²) in [7, 11) is 0. The van der Waals surface area contributed by atoms with E-state index < -0.39 is 0 Å². The molecule has 1 aromatic heterocycles. The van der Waals surface area contributed by atoms with Gasteiger partial charge in [0, 0.05) is 49.5 Å². The van der Waals surface area contributed by atoms with Crippen LogP contribution in [0, 0.1) is 5.92 Å². The minimum absolute atomic E-state index is 0.0691. The third-order valence-electron chi connectivity index (χ3n) is 5.82. The van der Waals surface area contributed by atoms with Gasteiger partial charge >= 0.3 is 0 Å². The fourth-order valence-corrected chi connectivity index (χ4v) is 5.10. The van der Waals surface area contributed by atoms with E-state index in [1.165, 1.54) is 0 Å². The maximum atomic E-state index is 12.6. The van der Waals surface area contributed by atoms with Gasteiger partial charge in [0.05, 0.1) is 17.9 Å². The molecule has 0 aromatic carbocycles. The number of amides is 2. The Labute approximate surface area is 158 Å². The number of aromatic nitrogens is 2. The van der Waals surface area contributed by atoms with E-state index in [-0.39, 0.29) is 23.9 Å². The molecule has 0 radical (unpaired) electrons. The van der Waals surface area contributed by atoms with Crippen LogP contribution in [0.4, 0.5) is 0 Å². The first-order valence-electron chi connectivity index (χ1n) is 9.62. The largest absolute Gasteiger partial charge is 0.352 e. The molecule has 2 amide bonds. The van der Waals surface area contributed by atoms with Crippen molar-refractivity contribution in [2.24, 2.45) is 5.92 Å². The number of nitrogens with one attached hydrogen (secondary N) is 3. The van der Waals surface area contributed by atoms with Gasteiger partial charge in [0.25, 0.3) is 0 Å². The molecule has 1 atom stereocenters. The molecule has 1 aliphatic carbocycles. The van der Waals surface area contributed by atoms with E-state index >= 15 is 0 Å². The van der Waals surface area contributed by atoms with Crippen molar-refractivity contribution in [3.63, 3.8) is 0 Å². The Morgan fingerprint density at radius 1 is 1.19 bits per heavy atom. The Balaban J connectivity index is 1.23. The summed E-state index contributed by atoms with van der Waals surface area (Å²) in [5.74, 6) is 2.66. The third-order valence-corrected chi connectivity index (χ3v) is 6.76. The molecule has 2 fully saturated rings. The number of thioether (sulfide) groups is 1. The molecule has 1 saturated heterocycles. The number of fused-ring (bicyclic) bond motifs is 1. The van der Waals surface area contributed by atoms with Crippen LogP contribution >= 0.6 is 11.8 Å². The van der Waals surface area contributed by atoms with Crippen molar-refractivity contribution in [2.75, 3.05) is 24.6 Å². The van der Waals surface area contributed by atoms with E-state index in [1.807, 2.05) is 22.9 Å². The number of carbonyl (C=O) groups excluding carboxylic acids is 2. The van der Waals surface area contributed by atoms with E-state index in [2.05, 4.69) is 20.8 Å². The monoisotopic (exact) mass is 377 g/mol. The molecular formula is C18H27N5O2S. The van der Waals surface area contributed by atoms with E-state index in [0.717, 1.165) is 61.5 Å². The second-order valence-electron chi connectivity index (χ2n) is 7.51. The molecule has 3 N–H and O–H groups in total. The third kappa shape index (κ3) is 3.91. The maximum absolute atomic E-state index is 12.6. The van der Waals surface area contributed by atoms with Crippen LogP contribution < -0.4 is 10.6 Å². The summed E-state index contributed by atoms with van der Waals surface area (Å²) in [4.78, 5) is 27.2. The quantitative estimate of drug-likeness (QED) is 0.721. The van der Waals surface area contributed by atoms with Gasteiger partial charge in [0.1, 0.15) is 0 Å². The predicted molar refractivity (Wildman–Crippen MR) is 101 cm³/mol. The van der Waals surface area contributed by atoms with E-state index in [9.17, 15) is 9.59 Å². The molecule has 1 unspecified atom stereocenters. The Morgan fingerprint density at radius 2 is 1.96 bits per heavy atom. The van der Waals surface area contributed by atoms with Crippen molar-refractivity contribution >= 4 is 23.6 Å². The molecule has 3 heterocycles. The standard InChI is InChI=1S/C18H27N5O2S/c24-17(15-9-13-10-20-22-16(13)11-19-15)21-14-3-1-12(2-4-14)18(25)23-5-7-26-8-6-23/h10,12,14-15,19H,1-9,11H2,(H,20,22)(H,21,24). The Bertz CT molecular complexity index is 650. The number of H-pyrrole nitrogens is 1. The molecular weight excluding hydrogens is 350 g/mol. The van der Waals surface area contributed by atoms with E-state index in [1.54, 1.807) is 0 Å². The van der Waals surface area contributed by atoms with Crippen molar-refractivity contribution in [2.45, 2.75) is 50.7 Å². The molecule has 0 spiro atoms. The number of aromatic amines is 1. The Kier molecular flexibility index (Phi) is 5.49. The highest BCUT2D eigenvalue weighted by molar-refractivity contribution is 7.99. The summed E-state index contributed by atoms with van der Waals surface area (Å²) in [6.07, 6.45) is 6.06. The summed E-state index contributed by atoms with van der Waals surface area (Å²) < 4.78 is 0. The first kappa shape index (κ1) is 17.9. The molecule has 4 rings (SSSR count). The zero-order valence-electron chi connectivity index (χ0n) is 15.0. The number of hydrogen-bond donors (Lipinski definition) is 3. The number of carbonyl (C=O) groups is 2. The van der Waals surface area contributed by atoms with Crippen molar-refractivity contribution in [3.8, 4) is 0 Å². The van der Waals surface area contributed by atoms with Crippen LogP contribution in [0.3, 0.4) is 0 Å². The lowest BCUT2D eigenvalue weighted by Crippen LogP contribution is -2.51. The first-order valence-corrected chi connectivity index (χ1v) is 10.8. The van der Waals surface area contributed by atoms with Crippen LogP contribution in [0.5, 0.6) is 0 Å². The van der Waals surface area contributed by atoms with Crippen molar-refractivity contribution in [1.29, 1.82) is 0 Å². The lowest BCUT2D eigenvalue weighted by Gasteiger charge is -2.34. The van der Waals surface area contributed by atoms with E-state index in [0.29, 0.717) is 18.9 Å². The molecule has 1 saturated carbocycles. The fourth-order valence-electron chi connectivity index (χ4n) is 4.20. The van der Waals surface area contributed by atoms with Crippen LogP contribution in [0.15, 0.2) is 6.20 Å². The zero-order valence-corrected chi connectivity index (χ0v) is 15.8. The van der Waals surface area contributed by atoms with Gasteiger partial charge in [-0.2, -0.15) is 16.9 Å². The average molecular weight is 378 g/mol. The molecule has 3 aliphatic rings. The molecule has 8 heteroatoms. The molecule has 2 aliphatic heterocycles. The Hall–Kier alpha value is -1.54. The highest BCUT2D eigenvalue weighted by Gasteiger charge is 2.32.